The average Bonchev–Trinajstić information content (AvgIpc) is 3.04. The van der Waals surface area contributed by atoms with Crippen LogP contribution >= 0.6 is 24.0 Å². The number of likely N-dealkylation sites (tertiary alicyclic amines) is 1. The predicted molar refractivity (Wildman–Crippen MR) is 114 cm³/mol. The molecule has 0 bridgehead atoms. The van der Waals surface area contributed by atoms with Crippen molar-refractivity contribution in [3.05, 3.63) is 29.8 Å². The number of rotatable bonds is 7. The first-order valence-corrected chi connectivity index (χ1v) is 8.89. The van der Waals surface area contributed by atoms with Gasteiger partial charge in [-0.3, -0.25) is 4.99 Å². The maximum absolute atomic E-state index is 5.95. The van der Waals surface area contributed by atoms with E-state index in [0.29, 0.717) is 5.92 Å². The van der Waals surface area contributed by atoms with Gasteiger partial charge in [-0.15, -0.1) is 24.0 Å². The molecule has 2 unspecified atom stereocenters. The first kappa shape index (κ1) is 22.0. The van der Waals surface area contributed by atoms with Crippen molar-refractivity contribution < 1.29 is 9.47 Å². The third-order valence-corrected chi connectivity index (χ3v) is 4.26. The molecular weight excluding hydrogens is 429 g/mol. The molecule has 5 nitrogen and oxygen atoms in total. The van der Waals surface area contributed by atoms with Crippen molar-refractivity contribution in [3.63, 3.8) is 0 Å². The fourth-order valence-electron chi connectivity index (χ4n) is 2.90. The number of aryl methyl sites for hydroxylation is 1. The van der Waals surface area contributed by atoms with E-state index in [-0.39, 0.29) is 30.1 Å². The van der Waals surface area contributed by atoms with Crippen LogP contribution in [-0.2, 0) is 4.74 Å². The lowest BCUT2D eigenvalue weighted by atomic mass is 10.1. The summed E-state index contributed by atoms with van der Waals surface area (Å²) in [5.41, 5.74) is 1.24. The number of benzene rings is 1. The molecule has 0 aromatic heterocycles. The first-order chi connectivity index (χ1) is 11.6. The van der Waals surface area contributed by atoms with Crippen LogP contribution in [0.25, 0.3) is 0 Å². The zero-order valence-electron chi connectivity index (χ0n) is 15.8. The molecule has 0 spiro atoms. The smallest absolute Gasteiger partial charge is 0.193 e. The molecule has 0 saturated carbocycles. The summed E-state index contributed by atoms with van der Waals surface area (Å²) < 4.78 is 11.5. The molecule has 1 fully saturated rings. The second-order valence-corrected chi connectivity index (χ2v) is 6.43. The third kappa shape index (κ3) is 7.40. The number of halogens is 1. The maximum Gasteiger partial charge on any atom is 0.193 e. The summed E-state index contributed by atoms with van der Waals surface area (Å²) in [5.74, 6) is 2.46. The quantitative estimate of drug-likeness (QED) is 0.385. The number of guanidine groups is 1. The third-order valence-electron chi connectivity index (χ3n) is 4.26. The number of hydrogen-bond acceptors (Lipinski definition) is 3. The Kier molecular flexibility index (Phi) is 10.2. The van der Waals surface area contributed by atoms with Gasteiger partial charge in [-0.2, -0.15) is 0 Å². The minimum absolute atomic E-state index is 0. The van der Waals surface area contributed by atoms with E-state index in [1.165, 1.54) is 5.56 Å². The fourth-order valence-corrected chi connectivity index (χ4v) is 2.90. The molecule has 1 N–H and O–H groups in total. The molecule has 0 amide bonds. The highest BCUT2D eigenvalue weighted by Gasteiger charge is 2.25. The second-order valence-electron chi connectivity index (χ2n) is 6.43. The van der Waals surface area contributed by atoms with E-state index in [1.54, 1.807) is 0 Å². The van der Waals surface area contributed by atoms with Crippen LogP contribution < -0.4 is 10.1 Å². The molecule has 1 aliphatic heterocycles. The maximum atomic E-state index is 5.95. The zero-order chi connectivity index (χ0) is 17.4. The van der Waals surface area contributed by atoms with Gasteiger partial charge in [0.2, 0.25) is 0 Å². The highest BCUT2D eigenvalue weighted by Crippen LogP contribution is 2.17. The normalized spacial score (nSPS) is 18.6. The lowest BCUT2D eigenvalue weighted by molar-refractivity contribution is 0.114. The SMILES string of the molecule is CCOCC1CCN(C(=NC)NCC(C)Oc2ccc(C)cc2)C1.I. The first-order valence-electron chi connectivity index (χ1n) is 8.89. The van der Waals surface area contributed by atoms with Gasteiger partial charge in [-0.1, -0.05) is 17.7 Å². The van der Waals surface area contributed by atoms with Gasteiger partial charge >= 0.3 is 0 Å². The minimum atomic E-state index is 0. The summed E-state index contributed by atoms with van der Waals surface area (Å²) in [5, 5.41) is 3.43. The number of hydrogen-bond donors (Lipinski definition) is 1. The molecule has 25 heavy (non-hydrogen) atoms. The molecule has 0 radical (unpaired) electrons. The van der Waals surface area contributed by atoms with E-state index in [9.17, 15) is 0 Å². The molecule has 2 rings (SSSR count). The second kappa shape index (κ2) is 11.6. The topological polar surface area (TPSA) is 46.1 Å². The van der Waals surface area contributed by atoms with Crippen LogP contribution in [0.2, 0.25) is 0 Å². The lowest BCUT2D eigenvalue weighted by Crippen LogP contribution is -2.43. The van der Waals surface area contributed by atoms with E-state index < -0.39 is 0 Å². The fraction of sp³-hybridized carbons (Fsp3) is 0.632. The van der Waals surface area contributed by atoms with Gasteiger partial charge in [0.15, 0.2) is 5.96 Å². The molecule has 6 heteroatoms. The van der Waals surface area contributed by atoms with E-state index in [4.69, 9.17) is 9.47 Å². The molecule has 0 aliphatic carbocycles. The van der Waals surface area contributed by atoms with Crippen molar-refractivity contribution in [1.82, 2.24) is 10.2 Å². The van der Waals surface area contributed by atoms with Gasteiger partial charge in [-0.05, 0) is 39.3 Å². The monoisotopic (exact) mass is 461 g/mol. The van der Waals surface area contributed by atoms with Crippen molar-refractivity contribution in [3.8, 4) is 5.75 Å². The Labute approximate surface area is 169 Å². The van der Waals surface area contributed by atoms with E-state index in [2.05, 4.69) is 41.2 Å². The Morgan fingerprint density at radius 3 is 2.72 bits per heavy atom. The number of nitrogens with one attached hydrogen (secondary N) is 1. The van der Waals surface area contributed by atoms with Crippen molar-refractivity contribution >= 4 is 29.9 Å². The van der Waals surface area contributed by atoms with E-state index in [0.717, 1.165) is 51.0 Å². The van der Waals surface area contributed by atoms with Crippen LogP contribution in [0.15, 0.2) is 29.3 Å². The molecule has 1 saturated heterocycles. The summed E-state index contributed by atoms with van der Waals surface area (Å²) >= 11 is 0. The van der Waals surface area contributed by atoms with Gasteiger partial charge in [0.1, 0.15) is 11.9 Å². The molecule has 1 aliphatic rings. The van der Waals surface area contributed by atoms with Gasteiger partial charge in [0.05, 0.1) is 13.2 Å². The average molecular weight is 461 g/mol. The van der Waals surface area contributed by atoms with Crippen LogP contribution in [0.3, 0.4) is 0 Å². The van der Waals surface area contributed by atoms with Crippen molar-refractivity contribution in [2.45, 2.75) is 33.3 Å². The molecule has 1 aromatic carbocycles. The summed E-state index contributed by atoms with van der Waals surface area (Å²) in [6.45, 7) is 10.6. The van der Waals surface area contributed by atoms with Crippen LogP contribution in [-0.4, -0.2) is 56.9 Å². The van der Waals surface area contributed by atoms with Gasteiger partial charge in [0, 0.05) is 32.7 Å². The number of ether oxygens (including phenoxy) is 2. The van der Waals surface area contributed by atoms with Crippen LogP contribution in [0.1, 0.15) is 25.8 Å². The van der Waals surface area contributed by atoms with Crippen LogP contribution in [0.5, 0.6) is 5.75 Å². The number of nitrogens with zero attached hydrogens (tertiary/aromatic N) is 2. The van der Waals surface area contributed by atoms with Gasteiger partial charge in [0.25, 0.3) is 0 Å². The van der Waals surface area contributed by atoms with Crippen molar-refractivity contribution in [2.75, 3.05) is 39.9 Å². The molecule has 1 heterocycles. The largest absolute Gasteiger partial charge is 0.489 e. The Balaban J connectivity index is 0.00000312. The van der Waals surface area contributed by atoms with Crippen LogP contribution in [0.4, 0.5) is 0 Å². The summed E-state index contributed by atoms with van der Waals surface area (Å²) in [7, 11) is 1.84. The lowest BCUT2D eigenvalue weighted by Gasteiger charge is -2.23. The van der Waals surface area contributed by atoms with Crippen molar-refractivity contribution in [2.24, 2.45) is 10.9 Å². The van der Waals surface area contributed by atoms with E-state index in [1.807, 2.05) is 26.1 Å². The summed E-state index contributed by atoms with van der Waals surface area (Å²) in [6, 6.07) is 8.16. The molecular formula is C19H32IN3O2. The van der Waals surface area contributed by atoms with Crippen LogP contribution in [0, 0.1) is 12.8 Å². The Hall–Kier alpha value is -1.02. The molecule has 1 aromatic rings. The van der Waals surface area contributed by atoms with Gasteiger partial charge < -0.3 is 19.7 Å². The summed E-state index contributed by atoms with van der Waals surface area (Å²) in [6.07, 6.45) is 1.24. The van der Waals surface area contributed by atoms with Crippen molar-refractivity contribution in [1.29, 1.82) is 0 Å². The Morgan fingerprint density at radius 1 is 1.36 bits per heavy atom. The Bertz CT molecular complexity index is 522. The van der Waals surface area contributed by atoms with Gasteiger partial charge in [-0.25, -0.2) is 0 Å². The highest BCUT2D eigenvalue weighted by molar-refractivity contribution is 14.0. The predicted octanol–water partition coefficient (Wildman–Crippen LogP) is 3.31. The standard InChI is InChI=1S/C19H31N3O2.HI/c1-5-23-14-17-10-11-22(13-17)19(20-4)21-12-16(3)24-18-8-6-15(2)7-9-18;/h6-9,16-17H,5,10-14H2,1-4H3,(H,20,21);1H. The summed E-state index contributed by atoms with van der Waals surface area (Å²) in [4.78, 5) is 6.72. The number of aliphatic imine (C=N–C) groups is 1. The van der Waals surface area contributed by atoms with E-state index >= 15 is 0 Å². The highest BCUT2D eigenvalue weighted by atomic mass is 127. The zero-order valence-corrected chi connectivity index (χ0v) is 18.2. The minimum Gasteiger partial charge on any atom is -0.489 e. The Morgan fingerprint density at radius 2 is 2.08 bits per heavy atom. The molecule has 2 atom stereocenters. The molecule has 142 valence electrons.